The van der Waals surface area contributed by atoms with Gasteiger partial charge in [0.25, 0.3) is 0 Å². The minimum absolute atomic E-state index is 0.102. The van der Waals surface area contributed by atoms with E-state index in [1.807, 2.05) is 0 Å². The van der Waals surface area contributed by atoms with Gasteiger partial charge in [0.2, 0.25) is 0 Å². The fourth-order valence-electron chi connectivity index (χ4n) is 1.86. The Balaban J connectivity index is 3.51. The van der Waals surface area contributed by atoms with Crippen LogP contribution in [-0.4, -0.2) is 17.3 Å². The molecular formula is C15H19NO3. The van der Waals surface area contributed by atoms with E-state index >= 15 is 0 Å². The summed E-state index contributed by atoms with van der Waals surface area (Å²) in [4.78, 5) is 35.5. The lowest BCUT2D eigenvalue weighted by Gasteiger charge is -2.11. The van der Waals surface area contributed by atoms with Crippen LogP contribution in [0.3, 0.4) is 0 Å². The first kappa shape index (κ1) is 15.1. The van der Waals surface area contributed by atoms with E-state index in [0.717, 1.165) is 0 Å². The van der Waals surface area contributed by atoms with E-state index in [4.69, 9.17) is 5.73 Å². The van der Waals surface area contributed by atoms with Crippen LogP contribution in [0.5, 0.6) is 0 Å². The molecule has 0 aliphatic rings. The van der Waals surface area contributed by atoms with Crippen LogP contribution < -0.4 is 5.73 Å². The van der Waals surface area contributed by atoms with Gasteiger partial charge in [-0.1, -0.05) is 20.8 Å². The number of nitrogen functional groups attached to an aromatic ring is 1. The van der Waals surface area contributed by atoms with Crippen molar-refractivity contribution in [2.75, 3.05) is 5.73 Å². The topological polar surface area (TPSA) is 77.2 Å². The van der Waals surface area contributed by atoms with E-state index in [0.29, 0.717) is 12.0 Å². The maximum Gasteiger partial charge on any atom is 0.164 e. The molecule has 0 fully saturated rings. The molecule has 0 radical (unpaired) electrons. The Morgan fingerprint density at radius 2 is 1.21 bits per heavy atom. The molecule has 0 saturated carbocycles. The van der Waals surface area contributed by atoms with E-state index in [-0.39, 0.29) is 47.0 Å². The Bertz CT molecular complexity index is 495. The quantitative estimate of drug-likeness (QED) is 0.630. The zero-order valence-electron chi connectivity index (χ0n) is 11.6. The fourth-order valence-corrected chi connectivity index (χ4v) is 1.86. The highest BCUT2D eigenvalue weighted by molar-refractivity contribution is 6.11. The molecule has 0 unspecified atom stereocenters. The molecule has 0 aliphatic heterocycles. The lowest BCUT2D eigenvalue weighted by Crippen LogP contribution is -2.12. The monoisotopic (exact) mass is 261 g/mol. The van der Waals surface area contributed by atoms with Crippen LogP contribution in [0.4, 0.5) is 5.69 Å². The number of ketones is 3. The van der Waals surface area contributed by atoms with Crippen LogP contribution >= 0.6 is 0 Å². The lowest BCUT2D eigenvalue weighted by molar-refractivity contribution is 0.0987. The van der Waals surface area contributed by atoms with Crippen LogP contribution in [0.15, 0.2) is 12.1 Å². The van der Waals surface area contributed by atoms with Gasteiger partial charge in [-0.2, -0.15) is 0 Å². The first-order chi connectivity index (χ1) is 8.96. The Morgan fingerprint density at radius 3 is 1.53 bits per heavy atom. The van der Waals surface area contributed by atoms with Gasteiger partial charge in [0, 0.05) is 36.0 Å². The molecular weight excluding hydrogens is 242 g/mol. The standard InChI is InChI=1S/C15H19NO3/c1-4-12(17)9-7-10(13(18)5-2)15(16)11(8-9)14(19)6-3/h7-8H,4-6,16H2,1-3H3. The molecule has 0 aromatic heterocycles. The van der Waals surface area contributed by atoms with Crippen LogP contribution in [0, 0.1) is 0 Å². The van der Waals surface area contributed by atoms with Crippen LogP contribution in [0.2, 0.25) is 0 Å². The Morgan fingerprint density at radius 1 is 0.842 bits per heavy atom. The van der Waals surface area contributed by atoms with Crippen molar-refractivity contribution in [3.05, 3.63) is 28.8 Å². The van der Waals surface area contributed by atoms with Gasteiger partial charge in [-0.15, -0.1) is 0 Å². The van der Waals surface area contributed by atoms with E-state index in [1.54, 1.807) is 20.8 Å². The van der Waals surface area contributed by atoms with Gasteiger partial charge >= 0.3 is 0 Å². The second-order valence-corrected chi connectivity index (χ2v) is 4.32. The molecule has 0 bridgehead atoms. The summed E-state index contributed by atoms with van der Waals surface area (Å²) in [7, 11) is 0. The number of nitrogens with two attached hydrogens (primary N) is 1. The highest BCUT2D eigenvalue weighted by Gasteiger charge is 2.19. The Labute approximate surface area is 113 Å². The molecule has 0 amide bonds. The van der Waals surface area contributed by atoms with Crippen molar-refractivity contribution in [3.8, 4) is 0 Å². The Hall–Kier alpha value is -1.97. The van der Waals surface area contributed by atoms with Gasteiger partial charge in [0.05, 0.1) is 5.69 Å². The van der Waals surface area contributed by atoms with E-state index < -0.39 is 0 Å². The van der Waals surface area contributed by atoms with Crippen molar-refractivity contribution < 1.29 is 14.4 Å². The van der Waals surface area contributed by atoms with E-state index in [1.165, 1.54) is 12.1 Å². The second kappa shape index (κ2) is 6.27. The second-order valence-electron chi connectivity index (χ2n) is 4.32. The summed E-state index contributed by atoms with van der Waals surface area (Å²) < 4.78 is 0. The maximum atomic E-state index is 11.9. The molecule has 4 heteroatoms. The molecule has 0 heterocycles. The molecule has 19 heavy (non-hydrogen) atoms. The molecule has 0 aliphatic carbocycles. The molecule has 0 saturated heterocycles. The van der Waals surface area contributed by atoms with Gasteiger partial charge in [-0.25, -0.2) is 0 Å². The number of carbonyl (C=O) groups excluding carboxylic acids is 3. The molecule has 0 spiro atoms. The third kappa shape index (κ3) is 3.08. The highest BCUT2D eigenvalue weighted by Crippen LogP contribution is 2.24. The molecule has 1 rings (SSSR count). The van der Waals surface area contributed by atoms with Gasteiger partial charge in [0.1, 0.15) is 0 Å². The van der Waals surface area contributed by atoms with Crippen molar-refractivity contribution in [2.45, 2.75) is 40.0 Å². The summed E-state index contributed by atoms with van der Waals surface area (Å²) in [5, 5.41) is 0. The predicted molar refractivity (Wildman–Crippen MR) is 74.7 cm³/mol. The Kier molecular flexibility index (Phi) is 4.98. The molecule has 102 valence electrons. The minimum Gasteiger partial charge on any atom is -0.398 e. The van der Waals surface area contributed by atoms with Crippen LogP contribution in [0.25, 0.3) is 0 Å². The smallest absolute Gasteiger partial charge is 0.164 e. The number of anilines is 1. The highest BCUT2D eigenvalue weighted by atomic mass is 16.1. The summed E-state index contributed by atoms with van der Waals surface area (Å²) in [6, 6.07) is 3.00. The molecule has 2 N–H and O–H groups in total. The SMILES string of the molecule is CCC(=O)c1cc(C(=O)CC)c(N)c(C(=O)CC)c1. The minimum atomic E-state index is -0.159. The fraction of sp³-hybridized carbons (Fsp3) is 0.400. The maximum absolute atomic E-state index is 11.9. The summed E-state index contributed by atoms with van der Waals surface area (Å²) >= 11 is 0. The molecule has 4 nitrogen and oxygen atoms in total. The molecule has 1 aromatic carbocycles. The average molecular weight is 261 g/mol. The lowest BCUT2D eigenvalue weighted by atomic mass is 9.94. The third-order valence-electron chi connectivity index (χ3n) is 3.07. The number of hydrogen-bond acceptors (Lipinski definition) is 4. The first-order valence-corrected chi connectivity index (χ1v) is 6.49. The number of carbonyl (C=O) groups is 3. The van der Waals surface area contributed by atoms with Crippen molar-refractivity contribution in [1.29, 1.82) is 0 Å². The van der Waals surface area contributed by atoms with E-state index in [2.05, 4.69) is 0 Å². The van der Waals surface area contributed by atoms with E-state index in [9.17, 15) is 14.4 Å². The molecule has 0 atom stereocenters. The first-order valence-electron chi connectivity index (χ1n) is 6.49. The average Bonchev–Trinajstić information content (AvgIpc) is 2.44. The summed E-state index contributed by atoms with van der Waals surface area (Å²) in [6.07, 6.45) is 0.894. The van der Waals surface area contributed by atoms with Crippen LogP contribution in [-0.2, 0) is 0 Å². The van der Waals surface area contributed by atoms with Gasteiger partial charge in [-0.05, 0) is 12.1 Å². The van der Waals surface area contributed by atoms with Crippen molar-refractivity contribution in [3.63, 3.8) is 0 Å². The number of benzene rings is 1. The number of Topliss-reactive ketones (excluding diaryl/α,β-unsaturated/α-hetero) is 3. The summed E-state index contributed by atoms with van der Waals surface area (Å²) in [5.41, 5.74) is 7.01. The largest absolute Gasteiger partial charge is 0.398 e. The summed E-state index contributed by atoms with van der Waals surface area (Å²) in [6.45, 7) is 5.18. The van der Waals surface area contributed by atoms with Crippen molar-refractivity contribution in [1.82, 2.24) is 0 Å². The zero-order chi connectivity index (χ0) is 14.6. The zero-order valence-corrected chi connectivity index (χ0v) is 11.6. The van der Waals surface area contributed by atoms with Crippen molar-refractivity contribution in [2.24, 2.45) is 0 Å². The third-order valence-corrected chi connectivity index (χ3v) is 3.07. The predicted octanol–water partition coefficient (Wildman–Crippen LogP) is 3.05. The number of rotatable bonds is 6. The van der Waals surface area contributed by atoms with Crippen LogP contribution in [0.1, 0.15) is 71.1 Å². The van der Waals surface area contributed by atoms with Crippen molar-refractivity contribution >= 4 is 23.0 Å². The normalized spacial score (nSPS) is 10.3. The summed E-state index contributed by atoms with van der Waals surface area (Å²) in [5.74, 6) is -0.419. The number of hydrogen-bond donors (Lipinski definition) is 1. The van der Waals surface area contributed by atoms with Gasteiger partial charge in [-0.3, -0.25) is 14.4 Å². The van der Waals surface area contributed by atoms with Gasteiger partial charge < -0.3 is 5.73 Å². The van der Waals surface area contributed by atoms with Gasteiger partial charge in [0.15, 0.2) is 17.3 Å². The molecule has 1 aromatic rings.